The maximum Gasteiger partial charge on any atom is 0.335 e. The largest absolute Gasteiger partial charge is 0.492 e. The van der Waals surface area contributed by atoms with Crippen LogP contribution in [-0.2, 0) is 0 Å². The van der Waals surface area contributed by atoms with Gasteiger partial charge < -0.3 is 14.6 Å². The van der Waals surface area contributed by atoms with Crippen molar-refractivity contribution in [1.82, 2.24) is 0 Å². The second-order valence-electron chi connectivity index (χ2n) is 4.32. The van der Waals surface area contributed by atoms with Gasteiger partial charge in [-0.2, -0.15) is 0 Å². The zero-order valence-electron chi connectivity index (χ0n) is 10.1. The van der Waals surface area contributed by atoms with Gasteiger partial charge in [0, 0.05) is 0 Å². The molecule has 0 unspecified atom stereocenters. The Balaban J connectivity index is 2.32. The summed E-state index contributed by atoms with van der Waals surface area (Å²) in [6.45, 7) is 0. The summed E-state index contributed by atoms with van der Waals surface area (Å²) in [7, 11) is 1.54. The Morgan fingerprint density at radius 1 is 1.39 bits per heavy atom. The molecule has 4 nitrogen and oxygen atoms in total. The number of methoxy groups -OCH3 is 1. The number of benzene rings is 1. The lowest BCUT2D eigenvalue weighted by Gasteiger charge is -2.17. The van der Waals surface area contributed by atoms with E-state index in [1.54, 1.807) is 7.11 Å². The van der Waals surface area contributed by atoms with E-state index in [1.807, 2.05) is 0 Å². The van der Waals surface area contributed by atoms with Crippen molar-refractivity contribution in [1.29, 1.82) is 0 Å². The molecular formula is C13H15BrO4. The highest BCUT2D eigenvalue weighted by atomic mass is 79.9. The molecular weight excluding hydrogens is 300 g/mol. The predicted molar refractivity (Wildman–Crippen MR) is 70.5 cm³/mol. The maximum absolute atomic E-state index is 11.0. The number of carboxylic acid groups (broad SMARTS) is 1. The summed E-state index contributed by atoms with van der Waals surface area (Å²) >= 11 is 3.31. The number of halogens is 1. The van der Waals surface area contributed by atoms with Crippen LogP contribution in [-0.4, -0.2) is 24.3 Å². The van der Waals surface area contributed by atoms with Crippen LogP contribution in [0.3, 0.4) is 0 Å². The van der Waals surface area contributed by atoms with Gasteiger partial charge in [-0.1, -0.05) is 0 Å². The van der Waals surface area contributed by atoms with Gasteiger partial charge in [0.25, 0.3) is 0 Å². The summed E-state index contributed by atoms with van der Waals surface area (Å²) in [5.74, 6) is 0.0673. The molecule has 1 aliphatic rings. The quantitative estimate of drug-likeness (QED) is 0.924. The number of aromatic carboxylic acids is 1. The topological polar surface area (TPSA) is 55.8 Å². The van der Waals surface area contributed by atoms with Gasteiger partial charge in [-0.25, -0.2) is 4.79 Å². The number of carbonyl (C=O) groups is 1. The van der Waals surface area contributed by atoms with Crippen molar-refractivity contribution < 1.29 is 19.4 Å². The van der Waals surface area contributed by atoms with Crippen molar-refractivity contribution in [3.05, 3.63) is 22.2 Å². The van der Waals surface area contributed by atoms with Gasteiger partial charge in [0.2, 0.25) is 0 Å². The van der Waals surface area contributed by atoms with Gasteiger partial charge >= 0.3 is 5.97 Å². The zero-order chi connectivity index (χ0) is 13.1. The highest BCUT2D eigenvalue weighted by Crippen LogP contribution is 2.38. The van der Waals surface area contributed by atoms with E-state index >= 15 is 0 Å². The molecule has 0 radical (unpaired) electrons. The van der Waals surface area contributed by atoms with Crippen molar-refractivity contribution in [3.8, 4) is 11.5 Å². The average molecular weight is 315 g/mol. The first-order valence-electron chi connectivity index (χ1n) is 5.89. The van der Waals surface area contributed by atoms with Crippen molar-refractivity contribution in [2.75, 3.05) is 7.11 Å². The smallest absolute Gasteiger partial charge is 0.335 e. The van der Waals surface area contributed by atoms with Gasteiger partial charge in [0.1, 0.15) is 0 Å². The molecule has 0 spiro atoms. The van der Waals surface area contributed by atoms with Crippen LogP contribution in [0.15, 0.2) is 16.6 Å². The number of carboxylic acids is 1. The normalized spacial score (nSPS) is 15.7. The summed E-state index contributed by atoms with van der Waals surface area (Å²) < 4.78 is 11.7. The zero-order valence-corrected chi connectivity index (χ0v) is 11.7. The molecule has 98 valence electrons. The predicted octanol–water partition coefficient (Wildman–Crippen LogP) is 3.48. The van der Waals surface area contributed by atoms with Crippen LogP contribution < -0.4 is 9.47 Å². The minimum absolute atomic E-state index is 0.162. The molecule has 1 N–H and O–H groups in total. The second kappa shape index (κ2) is 5.61. The van der Waals surface area contributed by atoms with E-state index < -0.39 is 5.97 Å². The first-order valence-corrected chi connectivity index (χ1v) is 6.68. The molecule has 2 rings (SSSR count). The third-order valence-corrected chi connectivity index (χ3v) is 3.65. The minimum Gasteiger partial charge on any atom is -0.492 e. The van der Waals surface area contributed by atoms with Crippen LogP contribution in [0.4, 0.5) is 0 Å². The van der Waals surface area contributed by atoms with Gasteiger partial charge in [-0.3, -0.25) is 0 Å². The fourth-order valence-electron chi connectivity index (χ4n) is 2.16. The molecule has 0 heterocycles. The van der Waals surface area contributed by atoms with Gasteiger partial charge in [-0.15, -0.1) is 0 Å². The molecule has 18 heavy (non-hydrogen) atoms. The van der Waals surface area contributed by atoms with Crippen LogP contribution in [0.25, 0.3) is 0 Å². The van der Waals surface area contributed by atoms with E-state index in [1.165, 1.54) is 12.1 Å². The molecule has 1 aliphatic carbocycles. The molecule has 0 amide bonds. The molecule has 1 fully saturated rings. The lowest BCUT2D eigenvalue weighted by atomic mass is 10.2. The third kappa shape index (κ3) is 2.77. The standard InChI is InChI=1S/C13H15BrO4/c1-17-12-10(14)6-8(13(15)16)7-11(12)18-9-4-2-3-5-9/h6-7,9H,2-5H2,1H3,(H,15,16). The fraction of sp³-hybridized carbons (Fsp3) is 0.462. The third-order valence-electron chi connectivity index (χ3n) is 3.06. The van der Waals surface area contributed by atoms with Crippen LogP contribution in [0.1, 0.15) is 36.0 Å². The second-order valence-corrected chi connectivity index (χ2v) is 5.17. The summed E-state index contributed by atoms with van der Waals surface area (Å²) in [5, 5.41) is 9.04. The van der Waals surface area contributed by atoms with Gasteiger partial charge in [0.05, 0.1) is 23.2 Å². The molecule has 0 saturated heterocycles. The molecule has 0 bridgehead atoms. The minimum atomic E-state index is -0.977. The highest BCUT2D eigenvalue weighted by Gasteiger charge is 2.21. The van der Waals surface area contributed by atoms with Crippen LogP contribution in [0, 0.1) is 0 Å². The fourth-order valence-corrected chi connectivity index (χ4v) is 2.77. The Bertz CT molecular complexity index is 453. The maximum atomic E-state index is 11.0. The van der Waals surface area contributed by atoms with E-state index in [4.69, 9.17) is 14.6 Å². The Hall–Kier alpha value is -1.23. The van der Waals surface area contributed by atoms with E-state index in [0.29, 0.717) is 16.0 Å². The number of rotatable bonds is 4. The SMILES string of the molecule is COc1c(Br)cc(C(=O)O)cc1OC1CCCC1. The number of hydrogen-bond acceptors (Lipinski definition) is 3. The number of ether oxygens (including phenoxy) is 2. The summed E-state index contributed by atoms with van der Waals surface area (Å²) in [4.78, 5) is 11.0. The van der Waals surface area contributed by atoms with Crippen molar-refractivity contribution in [3.63, 3.8) is 0 Å². The summed E-state index contributed by atoms with van der Waals surface area (Å²) in [6.07, 6.45) is 4.50. The van der Waals surface area contributed by atoms with E-state index in [2.05, 4.69) is 15.9 Å². The Labute approximate surface area is 114 Å². The summed E-state index contributed by atoms with van der Waals surface area (Å²) in [6, 6.07) is 3.03. The first-order chi connectivity index (χ1) is 8.61. The molecule has 1 aromatic carbocycles. The van der Waals surface area contributed by atoms with E-state index in [0.717, 1.165) is 25.7 Å². The van der Waals surface area contributed by atoms with Crippen molar-refractivity contribution in [2.45, 2.75) is 31.8 Å². The van der Waals surface area contributed by atoms with Gasteiger partial charge in [0.15, 0.2) is 11.5 Å². The molecule has 1 aromatic rings. The average Bonchev–Trinajstić information content (AvgIpc) is 2.81. The summed E-state index contributed by atoms with van der Waals surface area (Å²) in [5.41, 5.74) is 0.190. The van der Waals surface area contributed by atoms with Crippen molar-refractivity contribution >= 4 is 21.9 Å². The lowest BCUT2D eigenvalue weighted by molar-refractivity contribution is 0.0695. The Morgan fingerprint density at radius 2 is 2.06 bits per heavy atom. The van der Waals surface area contributed by atoms with E-state index in [-0.39, 0.29) is 11.7 Å². The number of hydrogen-bond donors (Lipinski definition) is 1. The van der Waals surface area contributed by atoms with E-state index in [9.17, 15) is 4.79 Å². The van der Waals surface area contributed by atoms with Crippen LogP contribution >= 0.6 is 15.9 Å². The van der Waals surface area contributed by atoms with Gasteiger partial charge in [-0.05, 0) is 53.7 Å². The molecule has 5 heteroatoms. The monoisotopic (exact) mass is 314 g/mol. The first kappa shape index (κ1) is 13.2. The van der Waals surface area contributed by atoms with Crippen LogP contribution in [0.5, 0.6) is 11.5 Å². The Morgan fingerprint density at radius 3 is 2.61 bits per heavy atom. The Kier molecular flexibility index (Phi) is 4.11. The molecule has 0 aromatic heterocycles. The van der Waals surface area contributed by atoms with Crippen LogP contribution in [0.2, 0.25) is 0 Å². The highest BCUT2D eigenvalue weighted by molar-refractivity contribution is 9.10. The van der Waals surface area contributed by atoms with Crippen molar-refractivity contribution in [2.24, 2.45) is 0 Å². The molecule has 0 aliphatic heterocycles. The lowest BCUT2D eigenvalue weighted by Crippen LogP contribution is -2.12. The molecule has 1 saturated carbocycles. The molecule has 0 atom stereocenters.